The molecule has 0 unspecified atom stereocenters. The summed E-state index contributed by atoms with van der Waals surface area (Å²) in [6.45, 7) is 10.7. The highest BCUT2D eigenvalue weighted by molar-refractivity contribution is 6.00. The van der Waals surface area contributed by atoms with E-state index in [1.807, 2.05) is 24.3 Å². The van der Waals surface area contributed by atoms with E-state index in [4.69, 9.17) is 26.7 Å². The lowest BCUT2D eigenvalue weighted by Crippen LogP contribution is -2.46. The summed E-state index contributed by atoms with van der Waals surface area (Å²) in [5.41, 5.74) is 22.7. The summed E-state index contributed by atoms with van der Waals surface area (Å²) < 4.78 is 12.3. The quantitative estimate of drug-likeness (QED) is 0.0823. The number of nitrogens with one attached hydrogen (secondary N) is 1. The van der Waals surface area contributed by atoms with Crippen LogP contribution in [0.4, 0.5) is 0 Å². The number of nitrogens with two attached hydrogens (primary N) is 3. The summed E-state index contributed by atoms with van der Waals surface area (Å²) in [5.74, 6) is -2.71. The SMILES string of the molecule is CCC(C)(C)c1ccc(-c2ncc(C(=O)C[C@@H](CCN)C(=O)N(C)[C@@H]3C(=O)C[C@@H](C)C(=O)N[C@H](C(=O)CCC#N)Cc4ccc(OCCN)c(c4)-c4cc3ccc4OCCN)c(C)n2)cc1. The van der Waals surface area contributed by atoms with E-state index >= 15 is 0 Å². The number of likely N-dealkylation sites (N-methyl/N-ethyl adjacent to an activating group) is 1. The number of hydrogen-bond acceptors (Lipinski definition) is 13. The van der Waals surface area contributed by atoms with Crippen LogP contribution in [-0.4, -0.2) is 90.0 Å². The molecule has 1 aliphatic rings. The molecule has 3 aromatic carbocycles. The minimum Gasteiger partial charge on any atom is -0.492 e. The van der Waals surface area contributed by atoms with Gasteiger partial charge in [0.05, 0.1) is 23.4 Å². The fraction of sp³-hybridized carbons (Fsp3) is 0.451. The molecule has 350 valence electrons. The number of nitriles is 1. The molecular formula is C51H64N8O7. The number of nitrogens with zero attached hydrogens (tertiary/aromatic N) is 4. The van der Waals surface area contributed by atoms with Crippen LogP contribution < -0.4 is 32.0 Å². The number of benzene rings is 3. The number of amides is 2. The molecule has 0 fully saturated rings. The average molecular weight is 901 g/mol. The van der Waals surface area contributed by atoms with Crippen LogP contribution in [-0.2, 0) is 31.0 Å². The molecule has 1 aromatic heterocycles. The first-order chi connectivity index (χ1) is 31.6. The third-order valence-electron chi connectivity index (χ3n) is 12.4. The van der Waals surface area contributed by atoms with Gasteiger partial charge in [-0.15, -0.1) is 0 Å². The van der Waals surface area contributed by atoms with Crippen molar-refractivity contribution >= 4 is 29.2 Å². The van der Waals surface area contributed by atoms with Gasteiger partial charge in [-0.2, -0.15) is 5.26 Å². The third-order valence-corrected chi connectivity index (χ3v) is 12.4. The fourth-order valence-corrected chi connectivity index (χ4v) is 8.13. The lowest BCUT2D eigenvalue weighted by Gasteiger charge is -2.32. The number of Topliss-reactive ketones (excluding diaryl/α,β-unsaturated/α-hetero) is 3. The number of carbonyl (C=O) groups is 5. The zero-order chi connectivity index (χ0) is 48.1. The van der Waals surface area contributed by atoms with Crippen LogP contribution in [0.25, 0.3) is 22.5 Å². The molecule has 2 amide bonds. The van der Waals surface area contributed by atoms with Crippen molar-refractivity contribution in [3.05, 3.63) is 94.8 Å². The smallest absolute Gasteiger partial charge is 0.226 e. The Morgan fingerprint density at radius 1 is 0.939 bits per heavy atom. The average Bonchev–Trinajstić information content (AvgIpc) is 3.31. The Morgan fingerprint density at radius 2 is 1.59 bits per heavy atom. The fourth-order valence-electron chi connectivity index (χ4n) is 8.13. The molecular weight excluding hydrogens is 837 g/mol. The van der Waals surface area contributed by atoms with Crippen molar-refractivity contribution in [2.24, 2.45) is 29.0 Å². The highest BCUT2D eigenvalue weighted by Crippen LogP contribution is 2.41. The summed E-state index contributed by atoms with van der Waals surface area (Å²) >= 11 is 0. The molecule has 0 saturated heterocycles. The van der Waals surface area contributed by atoms with Gasteiger partial charge in [0.2, 0.25) is 11.8 Å². The van der Waals surface area contributed by atoms with E-state index in [1.165, 1.54) is 23.7 Å². The molecule has 66 heavy (non-hydrogen) atoms. The van der Waals surface area contributed by atoms with E-state index in [0.717, 1.165) is 12.0 Å². The summed E-state index contributed by atoms with van der Waals surface area (Å²) in [6.07, 6.45) is 2.07. The minimum atomic E-state index is -1.24. The van der Waals surface area contributed by atoms with Gasteiger partial charge < -0.3 is 36.9 Å². The van der Waals surface area contributed by atoms with E-state index in [0.29, 0.717) is 45.3 Å². The predicted octanol–water partition coefficient (Wildman–Crippen LogP) is 5.73. The summed E-state index contributed by atoms with van der Waals surface area (Å²) in [4.78, 5) is 81.4. The highest BCUT2D eigenvalue weighted by atomic mass is 16.5. The normalized spacial score (nSPS) is 16.9. The number of carbonyl (C=O) groups excluding carboxylic acids is 5. The van der Waals surface area contributed by atoms with Crippen molar-refractivity contribution in [2.75, 3.05) is 39.9 Å². The van der Waals surface area contributed by atoms with Crippen molar-refractivity contribution in [3.8, 4) is 40.1 Å². The van der Waals surface area contributed by atoms with Crippen LogP contribution >= 0.6 is 0 Å². The van der Waals surface area contributed by atoms with E-state index in [1.54, 1.807) is 44.2 Å². The van der Waals surface area contributed by atoms with Crippen molar-refractivity contribution in [1.29, 1.82) is 5.26 Å². The highest BCUT2D eigenvalue weighted by Gasteiger charge is 2.36. The van der Waals surface area contributed by atoms with Gasteiger partial charge in [0.1, 0.15) is 30.8 Å². The number of rotatable bonds is 19. The Kier molecular flexibility index (Phi) is 17.8. The van der Waals surface area contributed by atoms with Gasteiger partial charge >= 0.3 is 0 Å². The van der Waals surface area contributed by atoms with Crippen LogP contribution in [0.15, 0.2) is 66.9 Å². The number of aryl methyl sites for hydroxylation is 1. The molecule has 15 nitrogen and oxygen atoms in total. The molecule has 1 aliphatic heterocycles. The molecule has 5 rings (SSSR count). The molecule has 15 heteroatoms. The Balaban J connectivity index is 1.55. The first-order valence-corrected chi connectivity index (χ1v) is 22.7. The maximum absolute atomic E-state index is 14.8. The predicted molar refractivity (Wildman–Crippen MR) is 252 cm³/mol. The lowest BCUT2D eigenvalue weighted by molar-refractivity contribution is -0.142. The second-order valence-corrected chi connectivity index (χ2v) is 17.6. The van der Waals surface area contributed by atoms with E-state index in [9.17, 15) is 29.2 Å². The summed E-state index contributed by atoms with van der Waals surface area (Å²) in [6, 6.07) is 18.3. The molecule has 0 spiro atoms. The van der Waals surface area contributed by atoms with Gasteiger partial charge in [-0.05, 0) is 79.1 Å². The number of fused-ring (bicyclic) bond motifs is 5. The van der Waals surface area contributed by atoms with Crippen LogP contribution in [0.3, 0.4) is 0 Å². The van der Waals surface area contributed by atoms with Gasteiger partial charge in [-0.25, -0.2) is 9.97 Å². The summed E-state index contributed by atoms with van der Waals surface area (Å²) in [7, 11) is 1.50. The topological polar surface area (TPSA) is 247 Å². The molecule has 4 aromatic rings. The largest absolute Gasteiger partial charge is 0.492 e. The molecule has 0 radical (unpaired) electrons. The van der Waals surface area contributed by atoms with Crippen LogP contribution in [0.5, 0.6) is 11.5 Å². The first-order valence-electron chi connectivity index (χ1n) is 22.7. The van der Waals surface area contributed by atoms with Crippen molar-refractivity contribution in [2.45, 2.75) is 97.1 Å². The Labute approximate surface area is 387 Å². The number of ether oxygens (including phenoxy) is 2. The van der Waals surface area contributed by atoms with E-state index in [2.05, 4.69) is 48.2 Å². The molecule has 7 N–H and O–H groups in total. The Morgan fingerprint density at radius 3 is 2.20 bits per heavy atom. The molecule has 0 saturated carbocycles. The Bertz CT molecular complexity index is 2430. The monoisotopic (exact) mass is 900 g/mol. The van der Waals surface area contributed by atoms with Gasteiger partial charge in [-0.3, -0.25) is 24.0 Å². The third kappa shape index (κ3) is 12.3. The number of ketones is 3. The van der Waals surface area contributed by atoms with Gasteiger partial charge in [0.25, 0.3) is 0 Å². The second kappa shape index (κ2) is 23.2. The van der Waals surface area contributed by atoms with Crippen LogP contribution in [0.1, 0.15) is 105 Å². The molecule has 4 atom stereocenters. The van der Waals surface area contributed by atoms with E-state index < -0.39 is 41.5 Å². The standard InChI is InChI=1S/C51H64N8O7/c1-7-51(4,5)37-14-11-34(12-15-37)48-56-30-40(32(3)57-48)43(61)29-36(18-20-53)50(64)59(6)47-35-13-17-46(66-24-22-55)39(28-35)38-26-33(10-16-45(38)65-23-21-54)27-41(42(60)9-8-19-52)58-49(63)31(2)25-44(47)62/h10-17,26,28,30-31,36,41,47H,7-9,18,20-25,27,29,53-55H2,1-6H3,(H,58,63)/t31-,36-,41+,47+/m1/s1. The second-order valence-electron chi connectivity index (χ2n) is 17.6. The number of hydrogen-bond donors (Lipinski definition) is 4. The number of aromatic nitrogens is 2. The molecule has 4 bridgehead atoms. The van der Waals surface area contributed by atoms with Crippen molar-refractivity contribution < 1.29 is 33.4 Å². The maximum atomic E-state index is 14.8. The molecule has 0 aliphatic carbocycles. The zero-order valence-corrected chi connectivity index (χ0v) is 39.0. The van der Waals surface area contributed by atoms with Crippen molar-refractivity contribution in [3.63, 3.8) is 0 Å². The first kappa shape index (κ1) is 50.7. The van der Waals surface area contributed by atoms with E-state index in [-0.39, 0.29) is 93.9 Å². The van der Waals surface area contributed by atoms with Gasteiger partial charge in [0, 0.05) is 80.5 Å². The van der Waals surface area contributed by atoms with Crippen molar-refractivity contribution in [1.82, 2.24) is 20.2 Å². The Hall–Kier alpha value is -6.34. The van der Waals surface area contributed by atoms with Crippen LogP contribution in [0.2, 0.25) is 0 Å². The zero-order valence-electron chi connectivity index (χ0n) is 39.0. The van der Waals surface area contributed by atoms with Crippen LogP contribution in [0, 0.1) is 30.1 Å². The van der Waals surface area contributed by atoms with Gasteiger partial charge in [-0.1, -0.05) is 64.1 Å². The minimum absolute atomic E-state index is 0.0153. The lowest BCUT2D eigenvalue weighted by atomic mass is 9.82. The summed E-state index contributed by atoms with van der Waals surface area (Å²) in [5, 5.41) is 12.1. The molecule has 2 heterocycles. The maximum Gasteiger partial charge on any atom is 0.226 e. The van der Waals surface area contributed by atoms with Gasteiger partial charge in [0.15, 0.2) is 23.2 Å².